The van der Waals surface area contributed by atoms with Gasteiger partial charge in [0, 0.05) is 11.8 Å². The van der Waals surface area contributed by atoms with E-state index >= 15 is 0 Å². The van der Waals surface area contributed by atoms with Crippen LogP contribution in [0.5, 0.6) is 0 Å². The fourth-order valence-electron chi connectivity index (χ4n) is 2.76. The minimum atomic E-state index is -0.591. The van der Waals surface area contributed by atoms with E-state index in [0.29, 0.717) is 11.3 Å². The van der Waals surface area contributed by atoms with Crippen LogP contribution in [-0.2, 0) is 6.54 Å². The summed E-state index contributed by atoms with van der Waals surface area (Å²) in [7, 11) is 0. The Hall–Kier alpha value is -3.92. The lowest BCUT2D eigenvalue weighted by atomic mass is 10.1. The lowest BCUT2D eigenvalue weighted by Crippen LogP contribution is -2.15. The van der Waals surface area contributed by atoms with E-state index in [9.17, 15) is 4.79 Å². The van der Waals surface area contributed by atoms with E-state index in [-0.39, 0.29) is 18.9 Å². The number of nitrogens with zero attached hydrogens (tertiary/aromatic N) is 5. The highest BCUT2D eigenvalue weighted by atomic mass is 16.4. The molecule has 0 spiro atoms. The predicted molar refractivity (Wildman–Crippen MR) is 99.0 cm³/mol. The van der Waals surface area contributed by atoms with Crippen LogP contribution in [0.3, 0.4) is 0 Å². The Labute approximate surface area is 154 Å². The first kappa shape index (κ1) is 16.5. The molecule has 0 aliphatic heterocycles. The van der Waals surface area contributed by atoms with E-state index in [1.54, 1.807) is 10.9 Å². The molecule has 132 valence electrons. The number of rotatable bonds is 5. The maximum atomic E-state index is 12.0. The van der Waals surface area contributed by atoms with Gasteiger partial charge in [-0.15, -0.1) is 5.10 Å². The third-order valence-electron chi connectivity index (χ3n) is 4.05. The summed E-state index contributed by atoms with van der Waals surface area (Å²) in [6.07, 6.45) is 1.97. The van der Waals surface area contributed by atoms with E-state index in [1.807, 2.05) is 66.7 Å². The topological polar surface area (TPSA) is 89.6 Å². The van der Waals surface area contributed by atoms with Crippen LogP contribution in [0.4, 0.5) is 0 Å². The van der Waals surface area contributed by atoms with Crippen molar-refractivity contribution in [1.82, 2.24) is 19.6 Å². The molecule has 7 nitrogen and oxygen atoms in total. The molecule has 2 aromatic heterocycles. The van der Waals surface area contributed by atoms with Gasteiger partial charge in [0.2, 0.25) is 0 Å². The summed E-state index contributed by atoms with van der Waals surface area (Å²) in [5, 5.41) is 17.7. The maximum Gasteiger partial charge on any atom is 0.437 e. The molecule has 0 amide bonds. The average Bonchev–Trinajstić information content (AvgIpc) is 3.32. The summed E-state index contributed by atoms with van der Waals surface area (Å²) in [6, 6.07) is 21.3. The monoisotopic (exact) mass is 357 g/mol. The predicted octanol–water partition coefficient (Wildman–Crippen LogP) is 3.27. The number of hydrogen-bond donors (Lipinski definition) is 0. The molecule has 4 aromatic rings. The molecule has 0 atom stereocenters. The minimum Gasteiger partial charge on any atom is -0.387 e. The van der Waals surface area contributed by atoms with Crippen LogP contribution in [0.15, 0.2) is 76.1 Å². The number of aromatic nitrogens is 4. The molecule has 0 N–H and O–H groups in total. The fraction of sp³-hybridized carbons (Fsp3) is 0.100. The highest BCUT2D eigenvalue weighted by Gasteiger charge is 2.19. The van der Waals surface area contributed by atoms with Crippen molar-refractivity contribution < 1.29 is 4.42 Å². The van der Waals surface area contributed by atoms with E-state index in [2.05, 4.69) is 10.2 Å². The van der Waals surface area contributed by atoms with Crippen LogP contribution in [-0.4, -0.2) is 19.6 Å². The average molecular weight is 357 g/mol. The minimum absolute atomic E-state index is 0.180. The number of nitriles is 1. The molecule has 0 saturated heterocycles. The smallest absolute Gasteiger partial charge is 0.387 e. The summed E-state index contributed by atoms with van der Waals surface area (Å²) < 4.78 is 8.23. The zero-order valence-corrected chi connectivity index (χ0v) is 14.3. The zero-order valence-electron chi connectivity index (χ0n) is 14.3. The molecular formula is C20H15N5O2. The summed E-state index contributed by atoms with van der Waals surface area (Å²) in [4.78, 5) is 12.0. The van der Waals surface area contributed by atoms with Gasteiger partial charge < -0.3 is 4.42 Å². The van der Waals surface area contributed by atoms with Crippen molar-refractivity contribution in [2.24, 2.45) is 0 Å². The third kappa shape index (κ3) is 3.28. The van der Waals surface area contributed by atoms with Gasteiger partial charge in [-0.05, 0) is 12.1 Å². The fourth-order valence-corrected chi connectivity index (χ4v) is 2.76. The van der Waals surface area contributed by atoms with Gasteiger partial charge in [-0.25, -0.2) is 9.48 Å². The standard InChI is InChI=1S/C20H15N5O2/c21-12-7-13-24-20(26)27-19(23-24)17-14-25(16-10-5-2-6-11-16)22-18(17)15-8-3-1-4-9-15/h1-6,8-11,14H,7,13H2. The van der Waals surface area contributed by atoms with Crippen molar-refractivity contribution in [3.8, 4) is 34.5 Å². The van der Waals surface area contributed by atoms with Crippen molar-refractivity contribution in [3.63, 3.8) is 0 Å². The normalized spacial score (nSPS) is 10.6. The van der Waals surface area contributed by atoms with Gasteiger partial charge in [0.15, 0.2) is 0 Å². The first-order valence-electron chi connectivity index (χ1n) is 8.42. The molecule has 0 aliphatic rings. The van der Waals surface area contributed by atoms with Crippen LogP contribution in [0.1, 0.15) is 6.42 Å². The Morgan fingerprint density at radius 1 is 1.00 bits per heavy atom. The zero-order chi connectivity index (χ0) is 18.6. The molecule has 0 bridgehead atoms. The highest BCUT2D eigenvalue weighted by Crippen LogP contribution is 2.30. The van der Waals surface area contributed by atoms with Crippen molar-refractivity contribution in [3.05, 3.63) is 77.4 Å². The first-order valence-corrected chi connectivity index (χ1v) is 8.42. The quantitative estimate of drug-likeness (QED) is 0.547. The second kappa shape index (κ2) is 7.14. The van der Waals surface area contributed by atoms with E-state index in [0.717, 1.165) is 15.9 Å². The van der Waals surface area contributed by atoms with Crippen molar-refractivity contribution >= 4 is 0 Å². The largest absolute Gasteiger partial charge is 0.437 e. The molecule has 0 aliphatic carbocycles. The second-order valence-corrected chi connectivity index (χ2v) is 5.84. The van der Waals surface area contributed by atoms with Gasteiger partial charge in [-0.2, -0.15) is 15.0 Å². The van der Waals surface area contributed by atoms with Gasteiger partial charge in [0.1, 0.15) is 5.69 Å². The number of benzene rings is 2. The highest BCUT2D eigenvalue weighted by molar-refractivity contribution is 5.76. The summed E-state index contributed by atoms with van der Waals surface area (Å²) in [5.41, 5.74) is 3.04. The molecule has 27 heavy (non-hydrogen) atoms. The van der Waals surface area contributed by atoms with E-state index in [1.165, 1.54) is 0 Å². The number of hydrogen-bond acceptors (Lipinski definition) is 5. The van der Waals surface area contributed by atoms with Gasteiger partial charge in [0.05, 0.1) is 30.3 Å². The van der Waals surface area contributed by atoms with Crippen LogP contribution >= 0.6 is 0 Å². The molecule has 0 radical (unpaired) electrons. The second-order valence-electron chi connectivity index (χ2n) is 5.84. The lowest BCUT2D eigenvalue weighted by Gasteiger charge is -2.00. The van der Waals surface area contributed by atoms with Crippen LogP contribution in [0.25, 0.3) is 28.4 Å². The van der Waals surface area contributed by atoms with Gasteiger partial charge >= 0.3 is 5.76 Å². The van der Waals surface area contributed by atoms with Gasteiger partial charge in [-0.3, -0.25) is 0 Å². The SMILES string of the molecule is N#CCCn1nc(-c2cn(-c3ccccc3)nc2-c2ccccc2)oc1=O. The third-order valence-corrected chi connectivity index (χ3v) is 4.05. The van der Waals surface area contributed by atoms with Gasteiger partial charge in [-0.1, -0.05) is 48.5 Å². The Morgan fingerprint density at radius 2 is 1.70 bits per heavy atom. The van der Waals surface area contributed by atoms with Gasteiger partial charge in [0.25, 0.3) is 5.89 Å². The van der Waals surface area contributed by atoms with Crippen LogP contribution in [0, 0.1) is 11.3 Å². The Bertz CT molecular complexity index is 1150. The molecule has 2 heterocycles. The number of para-hydroxylation sites is 1. The molecule has 4 rings (SSSR count). The van der Waals surface area contributed by atoms with Crippen molar-refractivity contribution in [2.75, 3.05) is 0 Å². The van der Waals surface area contributed by atoms with E-state index < -0.39 is 5.76 Å². The first-order chi connectivity index (χ1) is 13.3. The Kier molecular flexibility index (Phi) is 4.37. The number of aryl methyl sites for hydroxylation is 1. The molecule has 7 heteroatoms. The summed E-state index contributed by atoms with van der Waals surface area (Å²) in [5.74, 6) is -0.411. The summed E-state index contributed by atoms with van der Waals surface area (Å²) in [6.45, 7) is 0.187. The van der Waals surface area contributed by atoms with Crippen LogP contribution < -0.4 is 5.76 Å². The van der Waals surface area contributed by atoms with E-state index in [4.69, 9.17) is 9.68 Å². The Morgan fingerprint density at radius 3 is 2.41 bits per heavy atom. The molecule has 2 aromatic carbocycles. The maximum absolute atomic E-state index is 12.0. The molecule has 0 saturated carbocycles. The molecular weight excluding hydrogens is 342 g/mol. The lowest BCUT2D eigenvalue weighted by molar-refractivity contribution is 0.484. The molecule has 0 fully saturated rings. The molecule has 0 unspecified atom stereocenters. The summed E-state index contributed by atoms with van der Waals surface area (Å²) >= 11 is 0. The van der Waals surface area contributed by atoms with Crippen LogP contribution in [0.2, 0.25) is 0 Å². The van der Waals surface area contributed by atoms with Crippen molar-refractivity contribution in [2.45, 2.75) is 13.0 Å². The van der Waals surface area contributed by atoms with Crippen molar-refractivity contribution in [1.29, 1.82) is 5.26 Å². The Balaban J connectivity index is 1.85.